The van der Waals surface area contributed by atoms with Crippen LogP contribution in [0.5, 0.6) is 0 Å². The van der Waals surface area contributed by atoms with Gasteiger partial charge >= 0.3 is 0 Å². The molecule has 0 saturated heterocycles. The summed E-state index contributed by atoms with van der Waals surface area (Å²) in [5.74, 6) is 6.40. The molecule has 3 N–H and O–H groups in total. The van der Waals surface area contributed by atoms with Gasteiger partial charge in [-0.25, -0.2) is 4.98 Å². The van der Waals surface area contributed by atoms with Crippen LogP contribution in [0.25, 0.3) is 10.8 Å². The first-order valence-corrected chi connectivity index (χ1v) is 9.19. The number of nitrogens with one attached hydrogen (secondary N) is 1. The maximum absolute atomic E-state index is 12.1. The zero-order valence-electron chi connectivity index (χ0n) is 15.5. The molecule has 2 aromatic carbocycles. The van der Waals surface area contributed by atoms with Crippen molar-refractivity contribution in [2.45, 2.75) is 6.42 Å². The second-order valence-electron chi connectivity index (χ2n) is 6.18. The maximum Gasteiger partial charge on any atom is 0.251 e. The predicted molar refractivity (Wildman–Crippen MR) is 112 cm³/mol. The van der Waals surface area contributed by atoms with Crippen molar-refractivity contribution >= 4 is 34.1 Å². The average Bonchev–Trinajstić information content (AvgIpc) is 2.70. The van der Waals surface area contributed by atoms with Crippen molar-refractivity contribution in [3.63, 3.8) is 0 Å². The third-order valence-corrected chi connectivity index (χ3v) is 4.41. The molecular weight excluding hydrogens is 374 g/mol. The molecule has 0 unspecified atom stereocenters. The molecule has 0 fully saturated rings. The Balaban J connectivity index is 1.78. The number of nitrogens with two attached hydrogens (primary N) is 1. The van der Waals surface area contributed by atoms with Crippen LogP contribution in [0, 0.1) is 11.8 Å². The number of hydrogen-bond donors (Lipinski definition) is 2. The topological polar surface area (TPSA) is 77.2 Å². The van der Waals surface area contributed by atoms with E-state index in [1.54, 1.807) is 43.6 Å². The van der Waals surface area contributed by atoms with Crippen LogP contribution in [0.2, 0.25) is 5.02 Å². The first-order chi connectivity index (χ1) is 13.6. The normalized spacial score (nSPS) is 10.4. The van der Waals surface area contributed by atoms with Gasteiger partial charge in [0.15, 0.2) is 0 Å². The van der Waals surface area contributed by atoms with Gasteiger partial charge in [-0.05, 0) is 42.8 Å². The van der Waals surface area contributed by atoms with Crippen LogP contribution in [-0.2, 0) is 4.74 Å². The number of nitrogen functional groups attached to an aromatic ring is 1. The number of rotatable bonds is 5. The molecule has 0 aliphatic carbocycles. The van der Waals surface area contributed by atoms with Crippen LogP contribution in [0.1, 0.15) is 27.9 Å². The van der Waals surface area contributed by atoms with Gasteiger partial charge in [0.25, 0.3) is 5.91 Å². The van der Waals surface area contributed by atoms with Crippen LogP contribution in [-0.4, -0.2) is 31.2 Å². The van der Waals surface area contributed by atoms with Gasteiger partial charge < -0.3 is 15.8 Å². The molecule has 6 heteroatoms. The van der Waals surface area contributed by atoms with Crippen molar-refractivity contribution in [3.8, 4) is 11.8 Å². The Morgan fingerprint density at radius 3 is 2.75 bits per heavy atom. The fourth-order valence-corrected chi connectivity index (χ4v) is 2.86. The minimum absolute atomic E-state index is 0.118. The number of carbonyl (C=O) groups excluding carboxylic acids is 1. The summed E-state index contributed by atoms with van der Waals surface area (Å²) in [6.07, 6.45) is 2.47. The van der Waals surface area contributed by atoms with Crippen LogP contribution >= 0.6 is 11.6 Å². The fraction of sp³-hybridized carbons (Fsp3) is 0.182. The lowest BCUT2D eigenvalue weighted by Crippen LogP contribution is -2.25. The van der Waals surface area contributed by atoms with E-state index in [0.29, 0.717) is 35.1 Å². The van der Waals surface area contributed by atoms with E-state index in [0.717, 1.165) is 22.8 Å². The molecule has 28 heavy (non-hydrogen) atoms. The largest absolute Gasteiger partial charge is 0.385 e. The number of carbonyl (C=O) groups is 1. The molecule has 1 heterocycles. The monoisotopic (exact) mass is 393 g/mol. The predicted octanol–water partition coefficient (Wildman–Crippen LogP) is 3.64. The summed E-state index contributed by atoms with van der Waals surface area (Å²) in [5.41, 5.74) is 8.01. The van der Waals surface area contributed by atoms with E-state index in [2.05, 4.69) is 22.1 Å². The number of fused-ring (bicyclic) bond motifs is 1. The lowest BCUT2D eigenvalue weighted by Gasteiger charge is -2.05. The van der Waals surface area contributed by atoms with Crippen molar-refractivity contribution in [2.75, 3.05) is 26.0 Å². The molecule has 3 aromatic rings. The average molecular weight is 394 g/mol. The number of benzene rings is 2. The molecule has 0 saturated carbocycles. The van der Waals surface area contributed by atoms with Crippen LogP contribution < -0.4 is 11.1 Å². The van der Waals surface area contributed by atoms with Gasteiger partial charge in [0, 0.05) is 53.4 Å². The lowest BCUT2D eigenvalue weighted by atomic mass is 10.1. The molecule has 0 radical (unpaired) electrons. The molecule has 0 aliphatic heterocycles. The lowest BCUT2D eigenvalue weighted by molar-refractivity contribution is 0.0948. The number of pyridine rings is 1. The summed E-state index contributed by atoms with van der Waals surface area (Å²) >= 11 is 6.11. The van der Waals surface area contributed by atoms with Crippen molar-refractivity contribution in [3.05, 3.63) is 70.4 Å². The molecule has 0 spiro atoms. The van der Waals surface area contributed by atoms with Gasteiger partial charge in [-0.15, -0.1) is 0 Å². The molecule has 1 aromatic heterocycles. The highest BCUT2D eigenvalue weighted by molar-refractivity contribution is 6.31. The quantitative estimate of drug-likeness (QED) is 0.512. The summed E-state index contributed by atoms with van der Waals surface area (Å²) in [5, 5.41) is 5.25. The number of hydrogen-bond acceptors (Lipinski definition) is 4. The van der Waals surface area contributed by atoms with E-state index in [4.69, 9.17) is 22.1 Å². The Bertz CT molecular complexity index is 1050. The third kappa shape index (κ3) is 4.80. The Morgan fingerprint density at radius 2 is 2.00 bits per heavy atom. The molecule has 5 nitrogen and oxygen atoms in total. The third-order valence-electron chi connectivity index (χ3n) is 4.17. The SMILES string of the molecule is COCCCNC(=O)c1ccc(C#Cc2c(N)ncc3ccc(Cl)cc23)cc1. The number of aromatic nitrogens is 1. The van der Waals surface area contributed by atoms with Crippen molar-refractivity contribution < 1.29 is 9.53 Å². The van der Waals surface area contributed by atoms with Crippen LogP contribution in [0.4, 0.5) is 5.82 Å². The van der Waals surface area contributed by atoms with E-state index in [9.17, 15) is 4.79 Å². The molecule has 0 bridgehead atoms. The van der Waals surface area contributed by atoms with Gasteiger partial charge in [-0.2, -0.15) is 0 Å². The molecular formula is C22H20ClN3O2. The molecule has 0 atom stereocenters. The number of ether oxygens (including phenoxy) is 1. The Hall–Kier alpha value is -3.07. The number of anilines is 1. The molecule has 3 rings (SSSR count). The van der Waals surface area contributed by atoms with Gasteiger partial charge in [0.05, 0.1) is 5.56 Å². The maximum atomic E-state index is 12.1. The van der Waals surface area contributed by atoms with E-state index in [1.165, 1.54) is 0 Å². The summed E-state index contributed by atoms with van der Waals surface area (Å²) in [7, 11) is 1.64. The Labute approximate surface area is 168 Å². The van der Waals surface area contributed by atoms with Gasteiger partial charge in [-0.3, -0.25) is 4.79 Å². The van der Waals surface area contributed by atoms with Crippen molar-refractivity contribution in [2.24, 2.45) is 0 Å². The number of amides is 1. The minimum Gasteiger partial charge on any atom is -0.385 e. The van der Waals surface area contributed by atoms with Crippen LogP contribution in [0.3, 0.4) is 0 Å². The standard InChI is InChI=1S/C22H20ClN3O2/c1-28-12-2-11-25-22(27)16-6-3-15(4-7-16)5-10-19-20-13-18(23)9-8-17(20)14-26-21(19)24/h3-4,6-9,13-14H,2,11-12H2,1H3,(H2,24,26)(H,25,27). The van der Waals surface area contributed by atoms with Gasteiger partial charge in [0.2, 0.25) is 0 Å². The second kappa shape index (κ2) is 9.23. The summed E-state index contributed by atoms with van der Waals surface area (Å²) in [6, 6.07) is 12.6. The van der Waals surface area contributed by atoms with E-state index in [-0.39, 0.29) is 5.91 Å². The first-order valence-electron chi connectivity index (χ1n) is 8.81. The second-order valence-corrected chi connectivity index (χ2v) is 6.62. The highest BCUT2D eigenvalue weighted by Gasteiger charge is 2.06. The smallest absolute Gasteiger partial charge is 0.251 e. The highest BCUT2D eigenvalue weighted by Crippen LogP contribution is 2.24. The van der Waals surface area contributed by atoms with E-state index < -0.39 is 0 Å². The summed E-state index contributed by atoms with van der Waals surface area (Å²) in [6.45, 7) is 1.19. The van der Waals surface area contributed by atoms with E-state index >= 15 is 0 Å². The number of nitrogens with zero attached hydrogens (tertiary/aromatic N) is 1. The van der Waals surface area contributed by atoms with Crippen molar-refractivity contribution in [1.82, 2.24) is 10.3 Å². The fourth-order valence-electron chi connectivity index (χ4n) is 2.69. The van der Waals surface area contributed by atoms with Crippen LogP contribution in [0.15, 0.2) is 48.7 Å². The minimum atomic E-state index is -0.118. The Kier molecular flexibility index (Phi) is 6.49. The molecule has 1 amide bonds. The van der Waals surface area contributed by atoms with E-state index in [1.807, 2.05) is 12.1 Å². The zero-order valence-corrected chi connectivity index (χ0v) is 16.2. The van der Waals surface area contributed by atoms with Gasteiger partial charge in [-0.1, -0.05) is 29.5 Å². The molecule has 0 aliphatic rings. The van der Waals surface area contributed by atoms with Gasteiger partial charge in [0.1, 0.15) is 5.82 Å². The summed E-state index contributed by atoms with van der Waals surface area (Å²) < 4.78 is 4.96. The number of halogens is 1. The van der Waals surface area contributed by atoms with Crippen molar-refractivity contribution in [1.29, 1.82) is 0 Å². The first kappa shape index (κ1) is 19.7. The number of methoxy groups -OCH3 is 1. The Morgan fingerprint density at radius 1 is 1.21 bits per heavy atom. The summed E-state index contributed by atoms with van der Waals surface area (Å²) in [4.78, 5) is 16.3. The molecule has 142 valence electrons. The zero-order chi connectivity index (χ0) is 19.9. The highest BCUT2D eigenvalue weighted by atomic mass is 35.5.